The topological polar surface area (TPSA) is 79.6 Å². The van der Waals surface area contributed by atoms with Gasteiger partial charge in [0.1, 0.15) is 5.75 Å². The molecule has 2 aromatic carbocycles. The average molecular weight is 707 g/mol. The summed E-state index contributed by atoms with van der Waals surface area (Å²) in [5.41, 5.74) is 8.76. The van der Waals surface area contributed by atoms with E-state index in [1.165, 1.54) is 39.0 Å². The number of fused-ring (bicyclic) bond motifs is 10. The number of hydrogen-bond acceptors (Lipinski definition) is 8. The van der Waals surface area contributed by atoms with Crippen molar-refractivity contribution in [3.8, 4) is 5.75 Å². The second-order valence-corrected chi connectivity index (χ2v) is 17.2. The summed E-state index contributed by atoms with van der Waals surface area (Å²) < 4.78 is 20.8. The lowest BCUT2D eigenvalue weighted by Crippen LogP contribution is -2.72. The van der Waals surface area contributed by atoms with Crippen LogP contribution < -0.4 is 9.64 Å². The number of anilines is 1. The summed E-state index contributed by atoms with van der Waals surface area (Å²) in [6.45, 7) is 6.88. The fraction of sp³-hybridized carbons (Fsp3) is 0.605. The van der Waals surface area contributed by atoms with E-state index in [-0.39, 0.29) is 53.1 Å². The molecule has 1 aromatic heterocycles. The van der Waals surface area contributed by atoms with Crippen molar-refractivity contribution < 1.29 is 24.1 Å². The third kappa shape index (κ3) is 4.06. The molecule has 9 nitrogen and oxygen atoms in total. The number of aliphatic hydroxyl groups excluding tert-OH is 1. The molecule has 4 saturated heterocycles. The van der Waals surface area contributed by atoms with Gasteiger partial charge < -0.3 is 28.8 Å². The van der Waals surface area contributed by atoms with Crippen LogP contribution in [0.25, 0.3) is 10.9 Å². The Morgan fingerprint density at radius 2 is 1.90 bits per heavy atom. The molecule has 10 rings (SSSR count). The summed E-state index contributed by atoms with van der Waals surface area (Å²) in [5.74, 6) is 1.14. The molecule has 5 bridgehead atoms. The van der Waals surface area contributed by atoms with Crippen LogP contribution in [-0.2, 0) is 33.2 Å². The number of esters is 1. The van der Waals surface area contributed by atoms with E-state index in [9.17, 15) is 9.90 Å². The number of aryl methyl sites for hydroxylation is 1. The van der Waals surface area contributed by atoms with Crippen LogP contribution in [0.4, 0.5) is 5.69 Å². The van der Waals surface area contributed by atoms with E-state index in [2.05, 4.69) is 96.7 Å². The van der Waals surface area contributed by atoms with Crippen molar-refractivity contribution in [1.82, 2.24) is 14.4 Å². The number of methoxy groups -OCH3 is 2. The molecule has 0 spiro atoms. The molecule has 7 aliphatic rings. The highest BCUT2D eigenvalue weighted by Crippen LogP contribution is 2.65. The van der Waals surface area contributed by atoms with Crippen LogP contribution in [0.3, 0.4) is 0 Å². The van der Waals surface area contributed by atoms with Gasteiger partial charge in [-0.05, 0) is 92.8 Å². The molecule has 0 amide bonds. The first-order valence-corrected chi connectivity index (χ1v) is 19.6. The van der Waals surface area contributed by atoms with E-state index in [1.807, 2.05) is 0 Å². The molecule has 3 aromatic rings. The van der Waals surface area contributed by atoms with Crippen LogP contribution in [0.15, 0.2) is 48.0 Å². The zero-order valence-corrected chi connectivity index (χ0v) is 31.7. The maximum atomic E-state index is 14.1. The number of hydrogen-bond donors (Lipinski definition) is 1. The number of likely N-dealkylation sites (N-methyl/N-ethyl adjacent to an activating group) is 2. The van der Waals surface area contributed by atoms with Gasteiger partial charge in [0, 0.05) is 78.3 Å². The van der Waals surface area contributed by atoms with Gasteiger partial charge in [0.2, 0.25) is 0 Å². The molecular formula is C43H54N4O5. The van der Waals surface area contributed by atoms with Crippen LogP contribution in [0.5, 0.6) is 5.75 Å². The Labute approximate surface area is 307 Å². The van der Waals surface area contributed by atoms with Gasteiger partial charge in [0.25, 0.3) is 0 Å². The number of benzene rings is 2. The molecule has 1 saturated carbocycles. The third-order valence-corrected chi connectivity index (χ3v) is 15.9. The van der Waals surface area contributed by atoms with Crippen molar-refractivity contribution in [3.05, 3.63) is 70.4 Å². The highest BCUT2D eigenvalue weighted by atomic mass is 16.6. The molecule has 12 atom stereocenters. The van der Waals surface area contributed by atoms with Gasteiger partial charge in [0.15, 0.2) is 6.29 Å². The first-order valence-electron chi connectivity index (χ1n) is 19.6. The maximum absolute atomic E-state index is 14.1. The Kier molecular flexibility index (Phi) is 7.39. The van der Waals surface area contributed by atoms with Crippen molar-refractivity contribution in [2.24, 2.45) is 36.6 Å². The lowest BCUT2D eigenvalue weighted by Gasteiger charge is -2.63. The maximum Gasteiger partial charge on any atom is 0.310 e. The average Bonchev–Trinajstić information content (AvgIpc) is 3.58. The van der Waals surface area contributed by atoms with Gasteiger partial charge in [-0.3, -0.25) is 14.6 Å². The zero-order valence-electron chi connectivity index (χ0n) is 31.7. The van der Waals surface area contributed by atoms with Crippen molar-refractivity contribution in [1.29, 1.82) is 0 Å². The Morgan fingerprint density at radius 1 is 1.10 bits per heavy atom. The molecule has 0 radical (unpaired) electrons. The van der Waals surface area contributed by atoms with Gasteiger partial charge >= 0.3 is 5.97 Å². The van der Waals surface area contributed by atoms with Gasteiger partial charge in [-0.2, -0.15) is 0 Å². The minimum absolute atomic E-state index is 0.0363. The van der Waals surface area contributed by atoms with Crippen LogP contribution in [-0.4, -0.2) is 97.9 Å². The molecule has 52 heavy (non-hydrogen) atoms. The molecule has 6 aliphatic heterocycles. The summed E-state index contributed by atoms with van der Waals surface area (Å²) in [4.78, 5) is 21.8. The number of aromatic nitrogens is 1. The lowest BCUT2D eigenvalue weighted by molar-refractivity contribution is -0.226. The van der Waals surface area contributed by atoms with Gasteiger partial charge in [-0.1, -0.05) is 36.8 Å². The molecule has 5 fully saturated rings. The number of carbonyl (C=O) groups excluding carboxylic acids is 1. The summed E-state index contributed by atoms with van der Waals surface area (Å²) in [7, 11) is 10.1. The predicted molar refractivity (Wildman–Crippen MR) is 201 cm³/mol. The van der Waals surface area contributed by atoms with Crippen molar-refractivity contribution >= 4 is 22.6 Å². The number of ether oxygens (including phenoxy) is 3. The first-order chi connectivity index (χ1) is 25.1. The summed E-state index contributed by atoms with van der Waals surface area (Å²) in [6.07, 6.45) is 5.25. The van der Waals surface area contributed by atoms with Gasteiger partial charge in [-0.25, -0.2) is 0 Å². The van der Waals surface area contributed by atoms with Crippen LogP contribution in [0, 0.1) is 29.6 Å². The summed E-state index contributed by atoms with van der Waals surface area (Å²) in [6, 6.07) is 14.6. The SMILES string of the molecule is C/C=C1/CN2CC[C@]34c5cc([C@@H](C)[C@H]6[C@@H]7C[C@H]8c9c(c%10ccccc%10n9C)C[C@@H]([C@@H]7CO[C@@H]6O)N8C)c(OC)cc5N(C)[C@H]3[C@@H]2C[C@@H]1C4C(=O)OC. The number of allylic oxidation sites excluding steroid dienone is 1. The largest absolute Gasteiger partial charge is 0.496 e. The van der Waals surface area contributed by atoms with E-state index in [1.54, 1.807) is 14.2 Å². The number of carbonyl (C=O) groups is 1. The standard InChI is InChI=1S/C43H54N4O5/c1-8-23-20-47-14-13-43-30-15-25(36(50-6)19-33(30)46(5)40(43)35(47)16-26(23)38(43)42(49)51-7)22(2)37-27-17-34-39-28(24-11-9-10-12-31(24)45(39)4)18-32(44(34)3)29(27)21-52-41(37)48/h8-12,15,19,22,26-27,29,32,34-35,37-38,40-41,48H,13-14,16-18,20-21H2,1-7H3/b23-8-/t22-,26+,27-,29-,32+,34+,35+,37+,38?,40+,41+,43-/m1/s1. The number of rotatable bonds is 4. The lowest BCUT2D eigenvalue weighted by atomic mass is 9.50. The van der Waals surface area contributed by atoms with Gasteiger partial charge in [0.05, 0.1) is 38.8 Å². The zero-order chi connectivity index (χ0) is 36.0. The second kappa shape index (κ2) is 11.6. The number of aliphatic hydroxyl groups is 1. The Hall–Kier alpha value is -3.37. The molecule has 1 aliphatic carbocycles. The highest BCUT2D eigenvalue weighted by Gasteiger charge is 2.69. The fourth-order valence-corrected chi connectivity index (χ4v) is 13.7. The van der Waals surface area contributed by atoms with Crippen molar-refractivity contribution in [2.45, 2.75) is 81.3 Å². The fourth-order valence-electron chi connectivity index (χ4n) is 13.7. The van der Waals surface area contributed by atoms with Crippen LogP contribution in [0.1, 0.15) is 67.5 Å². The van der Waals surface area contributed by atoms with Crippen molar-refractivity contribution in [2.75, 3.05) is 52.9 Å². The quantitative estimate of drug-likeness (QED) is 0.286. The molecule has 276 valence electrons. The minimum Gasteiger partial charge on any atom is -0.496 e. The molecule has 1 unspecified atom stereocenters. The molecule has 1 N–H and O–H groups in total. The van der Waals surface area contributed by atoms with E-state index in [0.29, 0.717) is 24.6 Å². The van der Waals surface area contributed by atoms with E-state index in [0.717, 1.165) is 50.1 Å². The smallest absolute Gasteiger partial charge is 0.310 e. The Balaban J connectivity index is 1.08. The third-order valence-electron chi connectivity index (χ3n) is 15.9. The number of para-hydroxylation sites is 1. The highest BCUT2D eigenvalue weighted by molar-refractivity contribution is 5.86. The van der Waals surface area contributed by atoms with E-state index >= 15 is 0 Å². The monoisotopic (exact) mass is 706 g/mol. The summed E-state index contributed by atoms with van der Waals surface area (Å²) >= 11 is 0. The first kappa shape index (κ1) is 33.2. The van der Waals surface area contributed by atoms with Crippen LogP contribution in [0.2, 0.25) is 0 Å². The van der Waals surface area contributed by atoms with Crippen LogP contribution >= 0.6 is 0 Å². The minimum atomic E-state index is -0.865. The Bertz CT molecular complexity index is 2010. The van der Waals surface area contributed by atoms with E-state index < -0.39 is 6.29 Å². The molecular weight excluding hydrogens is 652 g/mol. The van der Waals surface area contributed by atoms with Crippen molar-refractivity contribution in [3.63, 3.8) is 0 Å². The summed E-state index contributed by atoms with van der Waals surface area (Å²) in [5, 5.41) is 13.2. The van der Waals surface area contributed by atoms with E-state index in [4.69, 9.17) is 14.2 Å². The number of piperidine rings is 3. The Morgan fingerprint density at radius 3 is 2.67 bits per heavy atom. The normalized spacial score (nSPS) is 38.8. The predicted octanol–water partition coefficient (Wildman–Crippen LogP) is 5.39. The number of nitrogens with zero attached hydrogens (tertiary/aromatic N) is 4. The van der Waals surface area contributed by atoms with Gasteiger partial charge in [-0.15, -0.1) is 0 Å². The molecule has 7 heterocycles. The molecule has 9 heteroatoms. The second-order valence-electron chi connectivity index (χ2n) is 17.2.